The Bertz CT molecular complexity index is 552. The molecule has 0 aliphatic heterocycles. The van der Waals surface area contributed by atoms with Gasteiger partial charge in [0, 0.05) is 11.9 Å². The zero-order valence-electron chi connectivity index (χ0n) is 15.1. The molecule has 7 atom stereocenters. The molecule has 130 valence electrons. The van der Waals surface area contributed by atoms with Gasteiger partial charge in [-0.15, -0.1) is 0 Å². The van der Waals surface area contributed by atoms with Crippen LogP contribution in [0.1, 0.15) is 69.9 Å². The van der Waals surface area contributed by atoms with Crippen molar-refractivity contribution in [3.63, 3.8) is 0 Å². The fourth-order valence-corrected chi connectivity index (χ4v) is 7.65. The molecule has 0 amide bonds. The van der Waals surface area contributed by atoms with Gasteiger partial charge in [0.2, 0.25) is 0 Å². The normalized spacial score (nSPS) is 44.4. The van der Waals surface area contributed by atoms with Crippen LogP contribution in [0.4, 0.5) is 0 Å². The third kappa shape index (κ3) is 2.63. The Balaban J connectivity index is 1.30. The highest BCUT2D eigenvalue weighted by Crippen LogP contribution is 2.59. The van der Waals surface area contributed by atoms with Crippen LogP contribution in [0, 0.1) is 41.4 Å². The van der Waals surface area contributed by atoms with Crippen LogP contribution in [0.3, 0.4) is 0 Å². The lowest BCUT2D eigenvalue weighted by Crippen LogP contribution is -2.44. The molecular weight excluding hydrogens is 290 g/mol. The Morgan fingerprint density at radius 2 is 1.46 bits per heavy atom. The summed E-state index contributed by atoms with van der Waals surface area (Å²) < 4.78 is 0. The first-order valence-electron chi connectivity index (χ1n) is 10.8. The summed E-state index contributed by atoms with van der Waals surface area (Å²) in [7, 11) is 0. The van der Waals surface area contributed by atoms with Crippen LogP contribution in [0.15, 0.2) is 24.4 Å². The van der Waals surface area contributed by atoms with Gasteiger partial charge in [0.15, 0.2) is 0 Å². The highest BCUT2D eigenvalue weighted by atomic mass is 14.7. The summed E-state index contributed by atoms with van der Waals surface area (Å²) in [6.45, 7) is 0. The summed E-state index contributed by atoms with van der Waals surface area (Å²) in [5.41, 5.74) is 1.33. The molecule has 1 heteroatoms. The van der Waals surface area contributed by atoms with Crippen LogP contribution in [0.25, 0.3) is 0 Å². The van der Waals surface area contributed by atoms with Crippen LogP contribution in [-0.4, -0.2) is 4.98 Å². The first-order chi connectivity index (χ1) is 11.9. The number of aromatic nitrogens is 1. The molecule has 0 radical (unpaired) electrons. The summed E-state index contributed by atoms with van der Waals surface area (Å²) in [5.74, 6) is 7.45. The zero-order valence-corrected chi connectivity index (χ0v) is 15.1. The van der Waals surface area contributed by atoms with Gasteiger partial charge >= 0.3 is 0 Å². The average molecular weight is 324 g/mol. The average Bonchev–Trinajstić information content (AvgIpc) is 3.05. The van der Waals surface area contributed by atoms with Crippen molar-refractivity contribution in [2.24, 2.45) is 41.4 Å². The lowest BCUT2D eigenvalue weighted by Gasteiger charge is -2.52. The third-order valence-corrected chi connectivity index (χ3v) is 8.55. The van der Waals surface area contributed by atoms with Gasteiger partial charge in [-0.2, -0.15) is 0 Å². The van der Waals surface area contributed by atoms with Gasteiger partial charge in [-0.05, 0) is 105 Å². The fraction of sp³-hybridized carbons (Fsp3) is 0.783. The van der Waals surface area contributed by atoms with E-state index in [1.54, 1.807) is 32.1 Å². The Kier molecular flexibility index (Phi) is 4.15. The Morgan fingerprint density at radius 3 is 2.38 bits per heavy atom. The molecule has 4 aliphatic rings. The molecule has 0 bridgehead atoms. The third-order valence-electron chi connectivity index (χ3n) is 8.55. The van der Waals surface area contributed by atoms with Crippen molar-refractivity contribution in [1.82, 2.24) is 4.98 Å². The van der Waals surface area contributed by atoms with E-state index in [1.807, 2.05) is 6.20 Å². The molecule has 0 N–H and O–H groups in total. The van der Waals surface area contributed by atoms with Crippen LogP contribution in [-0.2, 0) is 6.42 Å². The molecule has 4 fully saturated rings. The minimum Gasteiger partial charge on any atom is -0.261 e. The highest BCUT2D eigenvalue weighted by Gasteiger charge is 2.50. The molecular formula is C23H33N. The number of pyridine rings is 1. The SMILES string of the molecule is c1ccc(C[C@@H]2CCC3C4CCC5CCCCC5C4CCC32)nc1. The smallest absolute Gasteiger partial charge is 0.0406 e. The zero-order chi connectivity index (χ0) is 15.9. The minimum atomic E-state index is 0.926. The lowest BCUT2D eigenvalue weighted by molar-refractivity contribution is -0.0245. The second-order valence-electron chi connectivity index (χ2n) is 9.38. The number of hydrogen-bond acceptors (Lipinski definition) is 1. The standard InChI is InChI=1S/C23H33N/c1-2-7-19-16(5-1)8-10-23-21-11-9-17(20(21)12-13-22(19)23)15-18-6-3-4-14-24-18/h3-4,6,14,16-17,19-23H,1-2,5,7-13,15H2/t16?,17-,19?,20?,21?,22?,23?/m0/s1. The molecule has 0 aromatic carbocycles. The predicted octanol–water partition coefficient (Wildman–Crippen LogP) is 5.89. The van der Waals surface area contributed by atoms with E-state index in [0.29, 0.717) is 0 Å². The molecule has 1 aromatic rings. The van der Waals surface area contributed by atoms with E-state index in [9.17, 15) is 0 Å². The largest absolute Gasteiger partial charge is 0.261 e. The van der Waals surface area contributed by atoms with E-state index >= 15 is 0 Å². The minimum absolute atomic E-state index is 0.926. The van der Waals surface area contributed by atoms with Crippen LogP contribution >= 0.6 is 0 Å². The molecule has 1 nitrogen and oxygen atoms in total. The van der Waals surface area contributed by atoms with Crippen molar-refractivity contribution in [1.29, 1.82) is 0 Å². The van der Waals surface area contributed by atoms with Crippen molar-refractivity contribution in [2.75, 3.05) is 0 Å². The van der Waals surface area contributed by atoms with Crippen LogP contribution in [0.5, 0.6) is 0 Å². The molecule has 4 saturated carbocycles. The topological polar surface area (TPSA) is 12.9 Å². The first kappa shape index (κ1) is 15.4. The van der Waals surface area contributed by atoms with Crippen LogP contribution in [0.2, 0.25) is 0 Å². The summed E-state index contributed by atoms with van der Waals surface area (Å²) in [4.78, 5) is 4.62. The van der Waals surface area contributed by atoms with Gasteiger partial charge in [0.05, 0.1) is 0 Å². The number of rotatable bonds is 2. The monoisotopic (exact) mass is 323 g/mol. The molecule has 24 heavy (non-hydrogen) atoms. The Labute approximate surface area is 147 Å². The van der Waals surface area contributed by atoms with Gasteiger partial charge in [0.1, 0.15) is 0 Å². The molecule has 6 unspecified atom stereocenters. The van der Waals surface area contributed by atoms with E-state index < -0.39 is 0 Å². The van der Waals surface area contributed by atoms with E-state index in [-0.39, 0.29) is 0 Å². The van der Waals surface area contributed by atoms with E-state index in [4.69, 9.17) is 0 Å². The van der Waals surface area contributed by atoms with Crippen molar-refractivity contribution < 1.29 is 0 Å². The van der Waals surface area contributed by atoms with Crippen molar-refractivity contribution in [3.05, 3.63) is 30.1 Å². The van der Waals surface area contributed by atoms with Gasteiger partial charge < -0.3 is 0 Å². The van der Waals surface area contributed by atoms with Gasteiger partial charge in [-0.1, -0.05) is 25.3 Å². The van der Waals surface area contributed by atoms with E-state index in [2.05, 4.69) is 23.2 Å². The van der Waals surface area contributed by atoms with Crippen molar-refractivity contribution in [3.8, 4) is 0 Å². The summed E-state index contributed by atoms with van der Waals surface area (Å²) in [6.07, 6.45) is 18.6. The van der Waals surface area contributed by atoms with E-state index in [1.165, 1.54) is 44.2 Å². The van der Waals surface area contributed by atoms with Gasteiger partial charge in [-0.3, -0.25) is 4.98 Å². The summed E-state index contributed by atoms with van der Waals surface area (Å²) in [6, 6.07) is 6.46. The van der Waals surface area contributed by atoms with Crippen molar-refractivity contribution >= 4 is 0 Å². The van der Waals surface area contributed by atoms with Crippen LogP contribution < -0.4 is 0 Å². The maximum absolute atomic E-state index is 4.62. The number of nitrogens with zero attached hydrogens (tertiary/aromatic N) is 1. The highest BCUT2D eigenvalue weighted by molar-refractivity contribution is 5.07. The molecule has 0 spiro atoms. The fourth-order valence-electron chi connectivity index (χ4n) is 7.65. The quantitative estimate of drug-likeness (QED) is 0.661. The first-order valence-corrected chi connectivity index (χ1v) is 10.8. The maximum Gasteiger partial charge on any atom is 0.0406 e. The van der Waals surface area contributed by atoms with Crippen molar-refractivity contribution in [2.45, 2.75) is 70.6 Å². The van der Waals surface area contributed by atoms with Gasteiger partial charge in [-0.25, -0.2) is 0 Å². The van der Waals surface area contributed by atoms with Gasteiger partial charge in [0.25, 0.3) is 0 Å². The second-order valence-corrected chi connectivity index (χ2v) is 9.38. The Morgan fingerprint density at radius 1 is 0.708 bits per heavy atom. The lowest BCUT2D eigenvalue weighted by atomic mass is 9.53. The molecule has 1 heterocycles. The molecule has 5 rings (SSSR count). The molecule has 4 aliphatic carbocycles. The van der Waals surface area contributed by atoms with E-state index in [0.717, 1.165) is 41.4 Å². The molecule has 0 saturated heterocycles. The Hall–Kier alpha value is -0.850. The predicted molar refractivity (Wildman–Crippen MR) is 98.5 cm³/mol. The number of fused-ring (bicyclic) bond motifs is 5. The molecule has 1 aromatic heterocycles. The summed E-state index contributed by atoms with van der Waals surface area (Å²) in [5, 5.41) is 0. The maximum atomic E-state index is 4.62. The second kappa shape index (κ2) is 6.46. The summed E-state index contributed by atoms with van der Waals surface area (Å²) >= 11 is 0. The number of hydrogen-bond donors (Lipinski definition) is 0.